The molecule has 1 aromatic heterocycles. The number of nitrogens with zero attached hydrogens (tertiary/aromatic N) is 2. The maximum Gasteiger partial charge on any atom is 0.147 e. The smallest absolute Gasteiger partial charge is 0.147 e. The van der Waals surface area contributed by atoms with Crippen LogP contribution in [0.2, 0.25) is 0 Å². The first kappa shape index (κ1) is 12.7. The molecule has 0 amide bonds. The summed E-state index contributed by atoms with van der Waals surface area (Å²) in [5.41, 5.74) is 4.62. The van der Waals surface area contributed by atoms with Crippen LogP contribution in [0.1, 0.15) is 17.0 Å². The maximum atomic E-state index is 5.80. The lowest BCUT2D eigenvalue weighted by Crippen LogP contribution is -2.03. The van der Waals surface area contributed by atoms with Crippen molar-refractivity contribution in [1.82, 2.24) is 9.55 Å². The normalized spacial score (nSPS) is 10.9. The fourth-order valence-corrected chi connectivity index (χ4v) is 2.27. The summed E-state index contributed by atoms with van der Waals surface area (Å²) < 4.78 is 7.89. The third-order valence-corrected chi connectivity index (χ3v) is 3.52. The molecule has 1 heterocycles. The van der Waals surface area contributed by atoms with Crippen LogP contribution < -0.4 is 4.74 Å². The summed E-state index contributed by atoms with van der Waals surface area (Å²) in [5, 5.41) is 0. The van der Waals surface area contributed by atoms with Crippen molar-refractivity contribution in [3.8, 4) is 5.75 Å². The highest BCUT2D eigenvalue weighted by atomic mass is 16.5. The standard InChI is InChI=1S/C17H18N2O/c1-12-4-7-14(8-5-12)20-11-17-18-15-10-13(2)6-9-16(15)19(17)3/h4-10H,11H2,1-3H3. The maximum absolute atomic E-state index is 5.80. The van der Waals surface area contributed by atoms with Crippen molar-refractivity contribution in [3.63, 3.8) is 0 Å². The molecule has 0 aliphatic rings. The third kappa shape index (κ3) is 2.39. The Bertz CT molecular complexity index is 742. The van der Waals surface area contributed by atoms with E-state index in [1.807, 2.05) is 31.3 Å². The van der Waals surface area contributed by atoms with Crippen LogP contribution in [-0.4, -0.2) is 9.55 Å². The Morgan fingerprint density at radius 3 is 2.45 bits per heavy atom. The lowest BCUT2D eigenvalue weighted by atomic mass is 10.2. The molecule has 0 aliphatic heterocycles. The van der Waals surface area contributed by atoms with Crippen molar-refractivity contribution in [3.05, 3.63) is 59.4 Å². The number of fused-ring (bicyclic) bond motifs is 1. The molecule has 102 valence electrons. The average Bonchev–Trinajstić information content (AvgIpc) is 2.74. The van der Waals surface area contributed by atoms with E-state index in [9.17, 15) is 0 Å². The van der Waals surface area contributed by atoms with Crippen molar-refractivity contribution in [2.45, 2.75) is 20.5 Å². The second kappa shape index (κ2) is 5.00. The highest BCUT2D eigenvalue weighted by Gasteiger charge is 2.08. The molecule has 0 saturated heterocycles. The highest BCUT2D eigenvalue weighted by molar-refractivity contribution is 5.76. The molecule has 0 fully saturated rings. The number of aryl methyl sites for hydroxylation is 3. The number of ether oxygens (including phenoxy) is 1. The summed E-state index contributed by atoms with van der Waals surface area (Å²) in [6, 6.07) is 14.4. The molecule has 0 atom stereocenters. The Balaban J connectivity index is 1.84. The largest absolute Gasteiger partial charge is 0.486 e. The Labute approximate surface area is 118 Å². The van der Waals surface area contributed by atoms with Crippen LogP contribution in [0, 0.1) is 13.8 Å². The summed E-state index contributed by atoms with van der Waals surface area (Å²) >= 11 is 0. The minimum absolute atomic E-state index is 0.479. The van der Waals surface area contributed by atoms with E-state index in [1.54, 1.807) is 0 Å². The van der Waals surface area contributed by atoms with Crippen molar-refractivity contribution in [2.75, 3.05) is 0 Å². The van der Waals surface area contributed by atoms with Gasteiger partial charge in [-0.1, -0.05) is 23.8 Å². The summed E-state index contributed by atoms with van der Waals surface area (Å²) in [7, 11) is 2.03. The Morgan fingerprint density at radius 2 is 1.70 bits per heavy atom. The van der Waals surface area contributed by atoms with Crippen LogP contribution in [0.15, 0.2) is 42.5 Å². The Hall–Kier alpha value is -2.29. The van der Waals surface area contributed by atoms with Gasteiger partial charge in [0.25, 0.3) is 0 Å². The van der Waals surface area contributed by atoms with E-state index in [-0.39, 0.29) is 0 Å². The fraction of sp³-hybridized carbons (Fsp3) is 0.235. The van der Waals surface area contributed by atoms with Crippen LogP contribution in [0.5, 0.6) is 5.75 Å². The molecule has 2 aromatic carbocycles. The van der Waals surface area contributed by atoms with Gasteiger partial charge in [0.05, 0.1) is 11.0 Å². The molecule has 0 radical (unpaired) electrons. The van der Waals surface area contributed by atoms with Gasteiger partial charge in [0.15, 0.2) is 0 Å². The van der Waals surface area contributed by atoms with Gasteiger partial charge < -0.3 is 9.30 Å². The molecule has 3 nitrogen and oxygen atoms in total. The second-order valence-electron chi connectivity index (χ2n) is 5.18. The predicted octanol–water partition coefficient (Wildman–Crippen LogP) is 3.77. The number of hydrogen-bond donors (Lipinski definition) is 0. The minimum atomic E-state index is 0.479. The van der Waals surface area contributed by atoms with Gasteiger partial charge >= 0.3 is 0 Å². The highest BCUT2D eigenvalue weighted by Crippen LogP contribution is 2.18. The predicted molar refractivity (Wildman–Crippen MR) is 81.0 cm³/mol. The Kier molecular flexibility index (Phi) is 3.18. The first-order chi connectivity index (χ1) is 9.63. The number of benzene rings is 2. The average molecular weight is 266 g/mol. The molecule has 3 aromatic rings. The van der Waals surface area contributed by atoms with Gasteiger partial charge in [-0.25, -0.2) is 4.98 Å². The zero-order valence-corrected chi connectivity index (χ0v) is 12.1. The first-order valence-electron chi connectivity index (χ1n) is 6.75. The number of rotatable bonds is 3. The van der Waals surface area contributed by atoms with E-state index in [0.29, 0.717) is 6.61 Å². The summed E-state index contributed by atoms with van der Waals surface area (Å²) in [4.78, 5) is 4.64. The Morgan fingerprint density at radius 1 is 1.00 bits per heavy atom. The summed E-state index contributed by atoms with van der Waals surface area (Å²) in [6.07, 6.45) is 0. The van der Waals surface area contributed by atoms with Crippen molar-refractivity contribution < 1.29 is 4.74 Å². The van der Waals surface area contributed by atoms with Crippen molar-refractivity contribution in [2.24, 2.45) is 7.05 Å². The first-order valence-corrected chi connectivity index (χ1v) is 6.75. The minimum Gasteiger partial charge on any atom is -0.486 e. The van der Waals surface area contributed by atoms with Gasteiger partial charge in [-0.05, 0) is 43.7 Å². The molecule has 3 rings (SSSR count). The molecule has 0 aliphatic carbocycles. The van der Waals surface area contributed by atoms with E-state index >= 15 is 0 Å². The molecular weight excluding hydrogens is 248 g/mol. The molecule has 0 bridgehead atoms. The molecule has 0 unspecified atom stereocenters. The number of aromatic nitrogens is 2. The van der Waals surface area contributed by atoms with E-state index in [0.717, 1.165) is 22.6 Å². The van der Waals surface area contributed by atoms with Crippen molar-refractivity contribution in [1.29, 1.82) is 0 Å². The van der Waals surface area contributed by atoms with E-state index < -0.39 is 0 Å². The summed E-state index contributed by atoms with van der Waals surface area (Å²) in [6.45, 7) is 4.63. The SMILES string of the molecule is Cc1ccc(OCc2nc3cc(C)ccc3n2C)cc1. The summed E-state index contributed by atoms with van der Waals surface area (Å²) in [5.74, 6) is 1.81. The van der Waals surface area contributed by atoms with Gasteiger partial charge in [-0.3, -0.25) is 0 Å². The lowest BCUT2D eigenvalue weighted by Gasteiger charge is -2.06. The van der Waals surface area contributed by atoms with Gasteiger partial charge in [0.1, 0.15) is 18.2 Å². The van der Waals surface area contributed by atoms with E-state index in [2.05, 4.69) is 41.6 Å². The zero-order valence-electron chi connectivity index (χ0n) is 12.1. The quantitative estimate of drug-likeness (QED) is 0.721. The van der Waals surface area contributed by atoms with Gasteiger partial charge in [0, 0.05) is 7.05 Å². The topological polar surface area (TPSA) is 27.1 Å². The molecule has 0 spiro atoms. The van der Waals surface area contributed by atoms with Gasteiger partial charge in [-0.15, -0.1) is 0 Å². The lowest BCUT2D eigenvalue weighted by molar-refractivity contribution is 0.292. The molecule has 0 N–H and O–H groups in total. The number of hydrogen-bond acceptors (Lipinski definition) is 2. The third-order valence-electron chi connectivity index (χ3n) is 3.52. The van der Waals surface area contributed by atoms with Crippen LogP contribution in [0.25, 0.3) is 11.0 Å². The molecular formula is C17H18N2O. The molecule has 20 heavy (non-hydrogen) atoms. The molecule has 3 heteroatoms. The van der Waals surface area contributed by atoms with Crippen LogP contribution >= 0.6 is 0 Å². The number of imidazole rings is 1. The zero-order chi connectivity index (χ0) is 14.1. The monoisotopic (exact) mass is 266 g/mol. The second-order valence-corrected chi connectivity index (χ2v) is 5.18. The van der Waals surface area contributed by atoms with Crippen LogP contribution in [0.3, 0.4) is 0 Å². The van der Waals surface area contributed by atoms with Crippen LogP contribution in [0.4, 0.5) is 0 Å². The fourth-order valence-electron chi connectivity index (χ4n) is 2.27. The molecule has 0 saturated carbocycles. The van der Waals surface area contributed by atoms with Crippen molar-refractivity contribution >= 4 is 11.0 Å². The van der Waals surface area contributed by atoms with Crippen LogP contribution in [-0.2, 0) is 13.7 Å². The van der Waals surface area contributed by atoms with Gasteiger partial charge in [0.2, 0.25) is 0 Å². The van der Waals surface area contributed by atoms with Gasteiger partial charge in [-0.2, -0.15) is 0 Å². The van der Waals surface area contributed by atoms with E-state index in [4.69, 9.17) is 4.74 Å². The van der Waals surface area contributed by atoms with E-state index in [1.165, 1.54) is 11.1 Å².